The van der Waals surface area contributed by atoms with Crippen LogP contribution < -0.4 is 0 Å². The predicted molar refractivity (Wildman–Crippen MR) is 63.1 cm³/mol. The molecule has 0 unspecified atom stereocenters. The van der Waals surface area contributed by atoms with Crippen molar-refractivity contribution in [3.8, 4) is 6.07 Å². The zero-order valence-corrected chi connectivity index (χ0v) is 10.8. The smallest absolute Gasteiger partial charge is 0.207 e. The van der Waals surface area contributed by atoms with Gasteiger partial charge < -0.3 is 0 Å². The SMILES string of the molecule is CCc1c(C#N)cc(CCl)cc1S(=O)(=O)Cl. The van der Waals surface area contributed by atoms with Crippen molar-refractivity contribution in [3.05, 3.63) is 28.8 Å². The number of hydrogen-bond acceptors (Lipinski definition) is 3. The molecule has 0 heterocycles. The van der Waals surface area contributed by atoms with E-state index in [9.17, 15) is 8.42 Å². The van der Waals surface area contributed by atoms with Gasteiger partial charge in [0.05, 0.1) is 16.5 Å². The van der Waals surface area contributed by atoms with Gasteiger partial charge in [-0.15, -0.1) is 11.6 Å². The molecule has 0 fully saturated rings. The fourth-order valence-corrected chi connectivity index (χ4v) is 2.87. The van der Waals surface area contributed by atoms with Gasteiger partial charge >= 0.3 is 0 Å². The molecule has 6 heteroatoms. The van der Waals surface area contributed by atoms with Crippen molar-refractivity contribution in [2.75, 3.05) is 0 Å². The van der Waals surface area contributed by atoms with E-state index in [0.29, 0.717) is 23.1 Å². The van der Waals surface area contributed by atoms with Crippen molar-refractivity contribution in [3.63, 3.8) is 0 Å². The largest absolute Gasteiger partial charge is 0.261 e. The molecular weight excluding hydrogens is 269 g/mol. The fraction of sp³-hybridized carbons (Fsp3) is 0.300. The molecule has 0 saturated heterocycles. The van der Waals surface area contributed by atoms with E-state index in [-0.39, 0.29) is 10.8 Å². The second-order valence-corrected chi connectivity index (χ2v) is 5.96. The third kappa shape index (κ3) is 2.67. The minimum atomic E-state index is -3.85. The van der Waals surface area contributed by atoms with Gasteiger partial charge in [0.1, 0.15) is 0 Å². The second kappa shape index (κ2) is 5.05. The average molecular weight is 278 g/mol. The van der Waals surface area contributed by atoms with Gasteiger partial charge in [-0.1, -0.05) is 6.92 Å². The summed E-state index contributed by atoms with van der Waals surface area (Å²) in [6, 6.07) is 4.94. The first-order valence-electron chi connectivity index (χ1n) is 4.50. The highest BCUT2D eigenvalue weighted by atomic mass is 35.7. The molecule has 0 radical (unpaired) electrons. The van der Waals surface area contributed by atoms with E-state index in [0.717, 1.165) is 0 Å². The number of nitrogens with zero attached hydrogens (tertiary/aromatic N) is 1. The van der Waals surface area contributed by atoms with Gasteiger partial charge in [-0.25, -0.2) is 8.42 Å². The Labute approximate surface area is 104 Å². The van der Waals surface area contributed by atoms with Crippen molar-refractivity contribution in [1.82, 2.24) is 0 Å². The summed E-state index contributed by atoms with van der Waals surface area (Å²) in [6.07, 6.45) is 0.423. The molecule has 0 atom stereocenters. The first kappa shape index (κ1) is 13.3. The lowest BCUT2D eigenvalue weighted by Gasteiger charge is -2.08. The molecule has 0 aliphatic carbocycles. The molecular formula is C10H9Cl2NO2S. The van der Waals surface area contributed by atoms with E-state index in [1.165, 1.54) is 6.07 Å². The van der Waals surface area contributed by atoms with E-state index in [1.807, 2.05) is 6.07 Å². The highest BCUT2D eigenvalue weighted by Gasteiger charge is 2.18. The van der Waals surface area contributed by atoms with E-state index >= 15 is 0 Å². The molecule has 0 spiro atoms. The van der Waals surface area contributed by atoms with Crippen molar-refractivity contribution in [2.45, 2.75) is 24.1 Å². The Morgan fingerprint density at radius 1 is 1.44 bits per heavy atom. The Morgan fingerprint density at radius 2 is 2.06 bits per heavy atom. The minimum Gasteiger partial charge on any atom is -0.207 e. The van der Waals surface area contributed by atoms with Crippen LogP contribution in [0.3, 0.4) is 0 Å². The molecule has 0 aromatic heterocycles. The molecule has 0 saturated carbocycles. The van der Waals surface area contributed by atoms with Crippen LogP contribution in [0.1, 0.15) is 23.6 Å². The fourth-order valence-electron chi connectivity index (χ4n) is 1.46. The number of hydrogen-bond donors (Lipinski definition) is 0. The summed E-state index contributed by atoms with van der Waals surface area (Å²) in [5.41, 5.74) is 1.31. The van der Waals surface area contributed by atoms with Crippen LogP contribution >= 0.6 is 22.3 Å². The lowest BCUT2D eigenvalue weighted by Crippen LogP contribution is -2.02. The Hall–Kier alpha value is -0.760. The number of alkyl halides is 1. The molecule has 0 aliphatic heterocycles. The number of rotatable bonds is 3. The van der Waals surface area contributed by atoms with Crippen LogP contribution in [0.4, 0.5) is 0 Å². The van der Waals surface area contributed by atoms with Crippen LogP contribution in [0.5, 0.6) is 0 Å². The molecule has 16 heavy (non-hydrogen) atoms. The van der Waals surface area contributed by atoms with Crippen LogP contribution in [-0.2, 0) is 21.4 Å². The van der Waals surface area contributed by atoms with Gasteiger partial charge in [-0.05, 0) is 29.7 Å². The number of nitriles is 1. The van der Waals surface area contributed by atoms with Crippen molar-refractivity contribution >= 4 is 31.3 Å². The summed E-state index contributed by atoms with van der Waals surface area (Å²) >= 11 is 5.63. The third-order valence-corrected chi connectivity index (χ3v) is 3.86. The van der Waals surface area contributed by atoms with Gasteiger partial charge in [-0.3, -0.25) is 0 Å². The van der Waals surface area contributed by atoms with Crippen molar-refractivity contribution < 1.29 is 8.42 Å². The summed E-state index contributed by atoms with van der Waals surface area (Å²) < 4.78 is 22.7. The van der Waals surface area contributed by atoms with Gasteiger partial charge in [0.15, 0.2) is 0 Å². The normalized spacial score (nSPS) is 11.1. The molecule has 0 aliphatic rings. The first-order chi connectivity index (χ1) is 7.43. The molecule has 0 N–H and O–H groups in total. The zero-order chi connectivity index (χ0) is 12.3. The summed E-state index contributed by atoms with van der Waals surface area (Å²) in [5.74, 6) is 0.137. The Balaban J connectivity index is 3.65. The molecule has 1 rings (SSSR count). The first-order valence-corrected chi connectivity index (χ1v) is 7.35. The van der Waals surface area contributed by atoms with Gasteiger partial charge in [0.25, 0.3) is 9.05 Å². The monoisotopic (exact) mass is 277 g/mol. The number of benzene rings is 1. The number of halogens is 2. The topological polar surface area (TPSA) is 57.9 Å². The van der Waals surface area contributed by atoms with E-state index < -0.39 is 9.05 Å². The van der Waals surface area contributed by atoms with E-state index in [1.54, 1.807) is 13.0 Å². The van der Waals surface area contributed by atoms with Crippen LogP contribution in [0, 0.1) is 11.3 Å². The second-order valence-electron chi connectivity index (χ2n) is 3.16. The summed E-state index contributed by atoms with van der Waals surface area (Å²) in [5, 5.41) is 8.93. The highest BCUT2D eigenvalue weighted by molar-refractivity contribution is 8.13. The highest BCUT2D eigenvalue weighted by Crippen LogP contribution is 2.26. The quantitative estimate of drug-likeness (QED) is 0.631. The Kier molecular flexibility index (Phi) is 4.20. The van der Waals surface area contributed by atoms with Crippen LogP contribution in [0.25, 0.3) is 0 Å². The maximum Gasteiger partial charge on any atom is 0.261 e. The maximum absolute atomic E-state index is 11.4. The van der Waals surface area contributed by atoms with Crippen molar-refractivity contribution in [1.29, 1.82) is 5.26 Å². The van der Waals surface area contributed by atoms with Crippen LogP contribution in [-0.4, -0.2) is 8.42 Å². The van der Waals surface area contributed by atoms with Gasteiger partial charge in [-0.2, -0.15) is 5.26 Å². The summed E-state index contributed by atoms with van der Waals surface area (Å²) in [6.45, 7) is 1.77. The third-order valence-electron chi connectivity index (χ3n) is 2.16. The molecule has 1 aromatic rings. The van der Waals surface area contributed by atoms with E-state index in [4.69, 9.17) is 27.5 Å². The molecule has 1 aromatic carbocycles. The predicted octanol–water partition coefficient (Wildman–Crippen LogP) is 2.79. The van der Waals surface area contributed by atoms with Crippen LogP contribution in [0.15, 0.2) is 17.0 Å². The summed E-state index contributed by atoms with van der Waals surface area (Å²) in [7, 11) is 1.47. The molecule has 0 bridgehead atoms. The van der Waals surface area contributed by atoms with Crippen LogP contribution in [0.2, 0.25) is 0 Å². The van der Waals surface area contributed by atoms with E-state index in [2.05, 4.69) is 0 Å². The Bertz CT molecular complexity index is 547. The molecule has 0 amide bonds. The summed E-state index contributed by atoms with van der Waals surface area (Å²) in [4.78, 5) is -0.0219. The lowest BCUT2D eigenvalue weighted by atomic mass is 10.0. The van der Waals surface area contributed by atoms with Gasteiger partial charge in [0.2, 0.25) is 0 Å². The minimum absolute atomic E-state index is 0.0219. The standard InChI is InChI=1S/C10H9Cl2NO2S/c1-2-9-8(6-13)3-7(5-11)4-10(9)16(12,14)15/h3-4H,2,5H2,1H3. The van der Waals surface area contributed by atoms with Gasteiger partial charge in [0, 0.05) is 16.6 Å². The maximum atomic E-state index is 11.4. The zero-order valence-electron chi connectivity index (χ0n) is 8.50. The van der Waals surface area contributed by atoms with Crippen molar-refractivity contribution in [2.24, 2.45) is 0 Å². The Morgan fingerprint density at radius 3 is 2.44 bits per heavy atom. The lowest BCUT2D eigenvalue weighted by molar-refractivity contribution is 0.608. The average Bonchev–Trinajstić information content (AvgIpc) is 2.25. The molecule has 3 nitrogen and oxygen atoms in total. The molecule has 86 valence electrons.